The lowest BCUT2D eigenvalue weighted by Crippen LogP contribution is -2.13. The second-order valence-electron chi connectivity index (χ2n) is 5.17. The van der Waals surface area contributed by atoms with Crippen LogP contribution in [0.2, 0.25) is 0 Å². The third kappa shape index (κ3) is 8.22. The van der Waals surface area contributed by atoms with Gasteiger partial charge in [-0.1, -0.05) is 0 Å². The molecule has 25 heavy (non-hydrogen) atoms. The average molecular weight is 388 g/mol. The first-order valence-corrected chi connectivity index (χ1v) is 10.6. The Kier molecular flexibility index (Phi) is 9.95. The van der Waals surface area contributed by atoms with Gasteiger partial charge in [-0.2, -0.15) is 23.5 Å². The fourth-order valence-corrected chi connectivity index (χ4v) is 3.36. The third-order valence-corrected chi connectivity index (χ3v) is 5.14. The fraction of sp³-hybridized carbons (Fsp3) is 0.588. The van der Waals surface area contributed by atoms with E-state index in [1.54, 1.807) is 41.7 Å². The quantitative estimate of drug-likeness (QED) is 0.790. The van der Waals surface area contributed by atoms with Crippen molar-refractivity contribution >= 4 is 29.4 Å². The molecule has 0 aromatic heterocycles. The van der Waals surface area contributed by atoms with Crippen molar-refractivity contribution in [1.29, 1.82) is 0 Å². The van der Waals surface area contributed by atoms with Crippen molar-refractivity contribution in [2.24, 2.45) is 5.73 Å². The molecule has 6 nitrogen and oxygen atoms in total. The van der Waals surface area contributed by atoms with E-state index in [4.69, 9.17) is 24.7 Å². The molecule has 0 bridgehead atoms. The van der Waals surface area contributed by atoms with Crippen molar-refractivity contribution in [3.05, 3.63) is 23.8 Å². The van der Waals surface area contributed by atoms with Gasteiger partial charge in [-0.3, -0.25) is 4.79 Å². The lowest BCUT2D eigenvalue weighted by molar-refractivity contribution is 0.0605. The summed E-state index contributed by atoms with van der Waals surface area (Å²) in [6.45, 7) is 3.78. The number of benzene rings is 1. The van der Waals surface area contributed by atoms with Gasteiger partial charge in [0.1, 0.15) is 0 Å². The van der Waals surface area contributed by atoms with Crippen LogP contribution in [0.1, 0.15) is 10.4 Å². The van der Waals surface area contributed by atoms with Crippen molar-refractivity contribution in [3.63, 3.8) is 0 Å². The Morgan fingerprint density at radius 3 is 1.96 bits per heavy atom. The van der Waals surface area contributed by atoms with Gasteiger partial charge in [0, 0.05) is 28.6 Å². The molecule has 0 unspecified atom stereocenters. The van der Waals surface area contributed by atoms with Crippen LogP contribution in [0.4, 0.5) is 0 Å². The van der Waals surface area contributed by atoms with Gasteiger partial charge in [-0.05, 0) is 18.2 Å². The number of carbonyl (C=O) groups is 1. The van der Waals surface area contributed by atoms with Gasteiger partial charge in [0.25, 0.3) is 0 Å². The maximum Gasteiger partial charge on any atom is 0.248 e. The van der Waals surface area contributed by atoms with Crippen molar-refractivity contribution < 1.29 is 23.7 Å². The van der Waals surface area contributed by atoms with Gasteiger partial charge in [0.05, 0.1) is 39.6 Å². The Morgan fingerprint density at radius 2 is 1.36 bits per heavy atom. The van der Waals surface area contributed by atoms with E-state index in [9.17, 15) is 4.79 Å². The van der Waals surface area contributed by atoms with E-state index in [0.29, 0.717) is 56.7 Å². The number of nitrogens with two attached hydrogens (primary N) is 1. The van der Waals surface area contributed by atoms with Crippen molar-refractivity contribution in [1.82, 2.24) is 0 Å². The summed E-state index contributed by atoms with van der Waals surface area (Å²) in [7, 11) is 0. The highest BCUT2D eigenvalue weighted by molar-refractivity contribution is 7.99. The zero-order valence-corrected chi connectivity index (χ0v) is 15.9. The Bertz CT molecular complexity index is 530. The number of primary amides is 1. The molecule has 0 aliphatic carbocycles. The number of fused-ring (bicyclic) bond motifs is 1. The number of ether oxygens (including phenoxy) is 4. The summed E-state index contributed by atoms with van der Waals surface area (Å²) in [6.07, 6.45) is 0. The van der Waals surface area contributed by atoms with Crippen LogP contribution < -0.4 is 15.2 Å². The molecule has 0 atom stereocenters. The number of amides is 1. The first kappa shape index (κ1) is 20.2. The lowest BCUT2D eigenvalue weighted by atomic mass is 10.2. The smallest absolute Gasteiger partial charge is 0.248 e. The van der Waals surface area contributed by atoms with E-state index in [1.807, 2.05) is 0 Å². The Hall–Kier alpha value is -1.09. The van der Waals surface area contributed by atoms with E-state index < -0.39 is 5.91 Å². The molecule has 1 heterocycles. The van der Waals surface area contributed by atoms with E-state index in [1.165, 1.54) is 0 Å². The normalized spacial score (nSPS) is 18.7. The largest absolute Gasteiger partial charge is 0.489 e. The third-order valence-electron chi connectivity index (χ3n) is 3.31. The van der Waals surface area contributed by atoms with Crippen molar-refractivity contribution in [3.8, 4) is 11.5 Å². The monoisotopic (exact) mass is 387 g/mol. The van der Waals surface area contributed by atoms with Gasteiger partial charge in [-0.25, -0.2) is 0 Å². The van der Waals surface area contributed by atoms with Gasteiger partial charge in [0.15, 0.2) is 11.5 Å². The summed E-state index contributed by atoms with van der Waals surface area (Å²) in [5, 5.41) is 0. The minimum atomic E-state index is -0.479. The SMILES string of the molecule is NC(=O)c1ccc2c(c1)OCCSCCOCCOCCSCCO2. The second-order valence-corrected chi connectivity index (χ2v) is 7.62. The number of thioether (sulfide) groups is 2. The standard InChI is InChI=1S/C17H25NO5S2/c18-17(19)14-1-2-15-16(13-14)23-8-12-25-10-6-21-4-3-20-5-9-24-11-7-22-15/h1-2,13H,3-12H2,(H2,18,19). The minimum Gasteiger partial charge on any atom is -0.489 e. The van der Waals surface area contributed by atoms with E-state index in [0.717, 1.165) is 23.0 Å². The van der Waals surface area contributed by atoms with Crippen LogP contribution in [0.5, 0.6) is 11.5 Å². The zero-order chi connectivity index (χ0) is 17.7. The molecule has 1 aliphatic heterocycles. The van der Waals surface area contributed by atoms with Crippen LogP contribution in [0.3, 0.4) is 0 Å². The average Bonchev–Trinajstić information content (AvgIpc) is 2.61. The highest BCUT2D eigenvalue weighted by atomic mass is 32.2. The highest BCUT2D eigenvalue weighted by Crippen LogP contribution is 2.28. The number of rotatable bonds is 1. The first-order chi connectivity index (χ1) is 12.3. The van der Waals surface area contributed by atoms with Gasteiger partial charge < -0.3 is 24.7 Å². The lowest BCUT2D eigenvalue weighted by Gasteiger charge is -2.14. The van der Waals surface area contributed by atoms with E-state index >= 15 is 0 Å². The molecule has 1 aliphatic rings. The van der Waals surface area contributed by atoms with Crippen LogP contribution in [-0.2, 0) is 9.47 Å². The molecular weight excluding hydrogens is 362 g/mol. The van der Waals surface area contributed by atoms with Crippen LogP contribution in [-0.4, -0.2) is 68.6 Å². The van der Waals surface area contributed by atoms with Crippen LogP contribution >= 0.6 is 23.5 Å². The highest BCUT2D eigenvalue weighted by Gasteiger charge is 2.10. The summed E-state index contributed by atoms with van der Waals surface area (Å²) >= 11 is 3.53. The van der Waals surface area contributed by atoms with Crippen LogP contribution in [0.25, 0.3) is 0 Å². The summed E-state index contributed by atoms with van der Waals surface area (Å²) in [6, 6.07) is 5.04. The number of hydrogen-bond acceptors (Lipinski definition) is 7. The first-order valence-electron chi connectivity index (χ1n) is 8.28. The molecule has 0 radical (unpaired) electrons. The van der Waals surface area contributed by atoms with Crippen LogP contribution in [0, 0.1) is 0 Å². The Morgan fingerprint density at radius 1 is 0.800 bits per heavy atom. The maximum atomic E-state index is 11.4. The zero-order valence-electron chi connectivity index (χ0n) is 14.2. The van der Waals surface area contributed by atoms with Gasteiger partial charge in [-0.15, -0.1) is 0 Å². The van der Waals surface area contributed by atoms with E-state index in [-0.39, 0.29) is 0 Å². The molecule has 0 saturated carbocycles. The molecule has 1 aromatic carbocycles. The Labute approximate surface area is 157 Å². The van der Waals surface area contributed by atoms with Crippen LogP contribution in [0.15, 0.2) is 18.2 Å². The molecule has 1 aromatic rings. The van der Waals surface area contributed by atoms with Gasteiger partial charge in [0.2, 0.25) is 5.91 Å². The summed E-state index contributed by atoms with van der Waals surface area (Å²) in [5.74, 6) is 4.22. The van der Waals surface area contributed by atoms with Crippen molar-refractivity contribution in [2.45, 2.75) is 0 Å². The topological polar surface area (TPSA) is 80.0 Å². The molecule has 0 saturated heterocycles. The van der Waals surface area contributed by atoms with Crippen molar-refractivity contribution in [2.75, 3.05) is 62.7 Å². The molecule has 0 fully saturated rings. The number of hydrogen-bond donors (Lipinski definition) is 1. The molecule has 1 amide bonds. The molecular formula is C17H25NO5S2. The Balaban J connectivity index is 1.93. The number of carbonyl (C=O) groups excluding carboxylic acids is 1. The van der Waals surface area contributed by atoms with Gasteiger partial charge >= 0.3 is 0 Å². The predicted octanol–water partition coefficient (Wildman–Crippen LogP) is 2.06. The maximum absolute atomic E-state index is 11.4. The molecule has 140 valence electrons. The summed E-state index contributed by atoms with van der Waals surface area (Å²) < 4.78 is 22.6. The molecule has 2 rings (SSSR count). The molecule has 0 spiro atoms. The minimum absolute atomic E-state index is 0.414. The summed E-state index contributed by atoms with van der Waals surface area (Å²) in [5.41, 5.74) is 5.76. The second kappa shape index (κ2) is 12.3. The van der Waals surface area contributed by atoms with E-state index in [2.05, 4.69) is 0 Å². The molecule has 8 heteroatoms. The predicted molar refractivity (Wildman–Crippen MR) is 102 cm³/mol. The molecule has 2 N–H and O–H groups in total. The summed E-state index contributed by atoms with van der Waals surface area (Å²) in [4.78, 5) is 11.4. The fourth-order valence-electron chi connectivity index (χ4n) is 2.08.